The van der Waals surface area contributed by atoms with Crippen LogP contribution in [0.3, 0.4) is 0 Å². The normalized spacial score (nSPS) is 20.2. The zero-order valence-electron chi connectivity index (χ0n) is 9.55. The summed E-state index contributed by atoms with van der Waals surface area (Å²) in [6.07, 6.45) is 3.76. The number of nitriles is 1. The van der Waals surface area contributed by atoms with E-state index in [1.807, 2.05) is 6.07 Å². The highest BCUT2D eigenvalue weighted by molar-refractivity contribution is 9.10. The molecule has 2 rings (SSSR count). The number of rotatable bonds is 0. The first-order chi connectivity index (χ1) is 7.56. The van der Waals surface area contributed by atoms with Gasteiger partial charge in [-0.3, -0.25) is 0 Å². The van der Waals surface area contributed by atoms with Crippen molar-refractivity contribution in [2.24, 2.45) is 0 Å². The Hall–Kier alpha value is -1.07. The predicted molar refractivity (Wildman–Crippen MR) is 70.0 cm³/mol. The first-order valence-electron chi connectivity index (χ1n) is 5.44. The minimum Gasteiger partial charge on any atom is -0.193 e. The molecule has 82 valence electrons. The molecule has 0 aromatic heterocycles. The Balaban J connectivity index is 2.68. The van der Waals surface area contributed by atoms with E-state index >= 15 is 0 Å². The number of benzene rings is 1. The van der Waals surface area contributed by atoms with Gasteiger partial charge in [0.25, 0.3) is 0 Å². The van der Waals surface area contributed by atoms with Crippen molar-refractivity contribution < 1.29 is 0 Å². The maximum absolute atomic E-state index is 8.81. The summed E-state index contributed by atoms with van der Waals surface area (Å²) in [6.45, 7) is 4.53. The van der Waals surface area contributed by atoms with Gasteiger partial charge < -0.3 is 0 Å². The lowest BCUT2D eigenvalue weighted by Gasteiger charge is -2.34. The topological polar surface area (TPSA) is 23.8 Å². The summed E-state index contributed by atoms with van der Waals surface area (Å²) in [6, 6.07) is 8.38. The Kier molecular flexibility index (Phi) is 2.90. The lowest BCUT2D eigenvalue weighted by molar-refractivity contribution is 0.472. The largest absolute Gasteiger partial charge is 0.193 e. The fourth-order valence-electron chi connectivity index (χ4n) is 2.41. The van der Waals surface area contributed by atoms with Crippen LogP contribution in [0.5, 0.6) is 0 Å². The standard InChI is InChI=1S/C14H14BrN/c1-14(2)8-6-10(7-9-16)11-4-3-5-12(15)13(11)14/h3-5,7H,6,8H2,1-2H3. The third kappa shape index (κ3) is 1.81. The van der Waals surface area contributed by atoms with Crippen LogP contribution in [0.2, 0.25) is 0 Å². The molecule has 0 spiro atoms. The second-order valence-electron chi connectivity index (χ2n) is 4.84. The van der Waals surface area contributed by atoms with Crippen molar-refractivity contribution in [3.8, 4) is 6.07 Å². The second kappa shape index (κ2) is 4.07. The monoisotopic (exact) mass is 275 g/mol. The van der Waals surface area contributed by atoms with Crippen LogP contribution in [0.25, 0.3) is 5.57 Å². The minimum atomic E-state index is 0.183. The van der Waals surface area contributed by atoms with Gasteiger partial charge in [-0.25, -0.2) is 0 Å². The van der Waals surface area contributed by atoms with Gasteiger partial charge in [-0.05, 0) is 41.0 Å². The van der Waals surface area contributed by atoms with Crippen LogP contribution < -0.4 is 0 Å². The van der Waals surface area contributed by atoms with Crippen LogP contribution >= 0.6 is 15.9 Å². The van der Waals surface area contributed by atoms with E-state index in [1.165, 1.54) is 11.1 Å². The fourth-order valence-corrected chi connectivity index (χ4v) is 3.32. The third-order valence-electron chi connectivity index (χ3n) is 3.29. The number of nitrogens with zero attached hydrogens (tertiary/aromatic N) is 1. The van der Waals surface area contributed by atoms with Gasteiger partial charge in [-0.1, -0.05) is 41.9 Å². The van der Waals surface area contributed by atoms with Gasteiger partial charge in [0.15, 0.2) is 0 Å². The molecule has 0 aliphatic heterocycles. The highest BCUT2D eigenvalue weighted by Gasteiger charge is 2.31. The Bertz CT molecular complexity index is 492. The lowest BCUT2D eigenvalue weighted by Crippen LogP contribution is -2.23. The summed E-state index contributed by atoms with van der Waals surface area (Å²) in [4.78, 5) is 0. The predicted octanol–water partition coefficient (Wildman–Crippen LogP) is 4.43. The summed E-state index contributed by atoms with van der Waals surface area (Å²) < 4.78 is 1.15. The lowest BCUT2D eigenvalue weighted by atomic mass is 9.71. The molecular formula is C14H14BrN. The molecule has 1 aliphatic carbocycles. The van der Waals surface area contributed by atoms with E-state index in [4.69, 9.17) is 5.26 Å². The average Bonchev–Trinajstić information content (AvgIpc) is 2.22. The van der Waals surface area contributed by atoms with Crippen molar-refractivity contribution in [1.29, 1.82) is 5.26 Å². The van der Waals surface area contributed by atoms with Gasteiger partial charge in [0.05, 0.1) is 6.07 Å². The average molecular weight is 276 g/mol. The number of hydrogen-bond donors (Lipinski definition) is 0. The van der Waals surface area contributed by atoms with E-state index in [0.29, 0.717) is 0 Å². The Labute approximate surface area is 105 Å². The quantitative estimate of drug-likeness (QED) is 0.643. The van der Waals surface area contributed by atoms with E-state index < -0.39 is 0 Å². The van der Waals surface area contributed by atoms with Crippen LogP contribution in [-0.4, -0.2) is 0 Å². The molecule has 0 heterocycles. The molecule has 2 heteroatoms. The summed E-state index contributed by atoms with van der Waals surface area (Å²) in [5.74, 6) is 0. The maximum Gasteiger partial charge on any atom is 0.0915 e. The maximum atomic E-state index is 8.81. The molecule has 0 radical (unpaired) electrons. The molecule has 0 N–H and O–H groups in total. The van der Waals surface area contributed by atoms with Crippen LogP contribution in [0.1, 0.15) is 37.8 Å². The van der Waals surface area contributed by atoms with Crippen molar-refractivity contribution in [1.82, 2.24) is 0 Å². The molecule has 1 nitrogen and oxygen atoms in total. The Morgan fingerprint density at radius 1 is 1.44 bits per heavy atom. The van der Waals surface area contributed by atoms with Crippen molar-refractivity contribution in [3.05, 3.63) is 39.9 Å². The number of halogens is 1. The second-order valence-corrected chi connectivity index (χ2v) is 5.70. The number of fused-ring (bicyclic) bond motifs is 1. The van der Waals surface area contributed by atoms with Crippen LogP contribution in [0.4, 0.5) is 0 Å². The Morgan fingerprint density at radius 2 is 2.19 bits per heavy atom. The van der Waals surface area contributed by atoms with E-state index in [-0.39, 0.29) is 5.41 Å². The van der Waals surface area contributed by atoms with E-state index in [0.717, 1.165) is 22.9 Å². The molecule has 0 fully saturated rings. The third-order valence-corrected chi connectivity index (χ3v) is 3.96. The molecule has 0 unspecified atom stereocenters. The highest BCUT2D eigenvalue weighted by Crippen LogP contribution is 2.45. The molecule has 0 amide bonds. The van der Waals surface area contributed by atoms with E-state index in [9.17, 15) is 0 Å². The minimum absolute atomic E-state index is 0.183. The molecule has 0 saturated carbocycles. The van der Waals surface area contributed by atoms with E-state index in [1.54, 1.807) is 6.08 Å². The summed E-state index contributed by atoms with van der Waals surface area (Å²) >= 11 is 3.63. The molecular weight excluding hydrogens is 262 g/mol. The van der Waals surface area contributed by atoms with Gasteiger partial charge in [-0.2, -0.15) is 5.26 Å². The molecule has 1 aromatic carbocycles. The van der Waals surface area contributed by atoms with Crippen molar-refractivity contribution >= 4 is 21.5 Å². The molecule has 16 heavy (non-hydrogen) atoms. The van der Waals surface area contributed by atoms with Crippen LogP contribution in [-0.2, 0) is 5.41 Å². The zero-order chi connectivity index (χ0) is 11.8. The van der Waals surface area contributed by atoms with Crippen molar-refractivity contribution in [3.63, 3.8) is 0 Å². The SMILES string of the molecule is CC1(C)CCC(=CC#N)c2cccc(Br)c21. The summed E-state index contributed by atoms with van der Waals surface area (Å²) in [5, 5.41) is 8.81. The fraction of sp³-hybridized carbons (Fsp3) is 0.357. The van der Waals surface area contributed by atoms with Gasteiger partial charge in [0.1, 0.15) is 0 Å². The summed E-state index contributed by atoms with van der Waals surface area (Å²) in [5.41, 5.74) is 3.91. The van der Waals surface area contributed by atoms with Crippen molar-refractivity contribution in [2.75, 3.05) is 0 Å². The molecule has 1 aliphatic rings. The first-order valence-corrected chi connectivity index (χ1v) is 6.23. The number of allylic oxidation sites excluding steroid dienone is 2. The first kappa shape index (κ1) is 11.4. The van der Waals surface area contributed by atoms with E-state index in [2.05, 4.69) is 48.0 Å². The van der Waals surface area contributed by atoms with Gasteiger partial charge in [0.2, 0.25) is 0 Å². The Morgan fingerprint density at radius 3 is 2.88 bits per heavy atom. The molecule has 1 aromatic rings. The molecule has 0 bridgehead atoms. The number of hydrogen-bond acceptors (Lipinski definition) is 1. The molecule has 0 atom stereocenters. The van der Waals surface area contributed by atoms with Gasteiger partial charge in [0, 0.05) is 10.5 Å². The van der Waals surface area contributed by atoms with Gasteiger partial charge >= 0.3 is 0 Å². The molecule has 0 saturated heterocycles. The smallest absolute Gasteiger partial charge is 0.0915 e. The van der Waals surface area contributed by atoms with Crippen molar-refractivity contribution in [2.45, 2.75) is 32.1 Å². The highest BCUT2D eigenvalue weighted by atomic mass is 79.9. The summed E-state index contributed by atoms with van der Waals surface area (Å²) in [7, 11) is 0. The van der Waals surface area contributed by atoms with Crippen LogP contribution in [0.15, 0.2) is 28.7 Å². The zero-order valence-corrected chi connectivity index (χ0v) is 11.1. The van der Waals surface area contributed by atoms with Crippen LogP contribution in [0, 0.1) is 11.3 Å². The van der Waals surface area contributed by atoms with Gasteiger partial charge in [-0.15, -0.1) is 0 Å².